The van der Waals surface area contributed by atoms with Crippen LogP contribution in [-0.4, -0.2) is 40.2 Å². The van der Waals surface area contributed by atoms with Crippen molar-refractivity contribution in [2.75, 3.05) is 13.1 Å². The van der Waals surface area contributed by atoms with Gasteiger partial charge in [0.25, 0.3) is 0 Å². The zero-order valence-electron chi connectivity index (χ0n) is 11.4. The lowest BCUT2D eigenvalue weighted by Gasteiger charge is -2.18. The molecular formula is C14H13F3N2O2S. The van der Waals surface area contributed by atoms with Crippen molar-refractivity contribution in [1.82, 2.24) is 9.88 Å². The summed E-state index contributed by atoms with van der Waals surface area (Å²) in [6.45, 7) is -0.151. The second-order valence-corrected chi connectivity index (χ2v) is 6.48. The third kappa shape index (κ3) is 2.93. The Bertz CT molecular complexity index is 668. The first-order valence-corrected chi connectivity index (χ1v) is 7.52. The minimum Gasteiger partial charge on any atom is -0.481 e. The van der Waals surface area contributed by atoms with Gasteiger partial charge in [0.1, 0.15) is 5.01 Å². The molecule has 2 heterocycles. The topological polar surface area (TPSA) is 53.4 Å². The van der Waals surface area contributed by atoms with Crippen molar-refractivity contribution in [1.29, 1.82) is 0 Å². The Labute approximate surface area is 128 Å². The Morgan fingerprint density at radius 2 is 2.09 bits per heavy atom. The standard InChI is InChI=1S/C14H13F3N2O2S/c15-14(16,17)9-6-19(5-8(9)13(20)21)7-12-18-10-3-1-2-4-11(10)22-12/h1-4,8-9H,5-7H2,(H,20,21)/t8-,9-/m1/s1. The number of aliphatic carboxylic acids is 1. The molecule has 1 saturated heterocycles. The number of benzene rings is 1. The molecule has 4 nitrogen and oxygen atoms in total. The van der Waals surface area contributed by atoms with E-state index in [0.29, 0.717) is 5.01 Å². The summed E-state index contributed by atoms with van der Waals surface area (Å²) in [7, 11) is 0. The quantitative estimate of drug-likeness (QED) is 0.940. The molecule has 2 atom stereocenters. The lowest BCUT2D eigenvalue weighted by Crippen LogP contribution is -2.33. The normalized spacial score (nSPS) is 23.2. The van der Waals surface area contributed by atoms with E-state index in [-0.39, 0.29) is 19.6 Å². The first kappa shape index (κ1) is 15.2. The van der Waals surface area contributed by atoms with Crippen LogP contribution in [0.2, 0.25) is 0 Å². The summed E-state index contributed by atoms with van der Waals surface area (Å²) in [4.78, 5) is 17.0. The average molecular weight is 330 g/mol. The highest BCUT2D eigenvalue weighted by molar-refractivity contribution is 7.18. The third-order valence-corrected chi connectivity index (χ3v) is 4.85. The van der Waals surface area contributed by atoms with E-state index in [1.165, 1.54) is 16.2 Å². The maximum absolute atomic E-state index is 12.9. The molecule has 3 rings (SSSR count). The van der Waals surface area contributed by atoms with Crippen LogP contribution in [0.4, 0.5) is 13.2 Å². The Kier molecular flexibility index (Phi) is 3.82. The predicted octanol–water partition coefficient (Wildman–Crippen LogP) is 2.99. The average Bonchev–Trinajstić information content (AvgIpc) is 3.01. The van der Waals surface area contributed by atoms with E-state index in [0.717, 1.165) is 10.2 Å². The number of aromatic nitrogens is 1. The van der Waals surface area contributed by atoms with Crippen molar-refractivity contribution in [2.24, 2.45) is 11.8 Å². The van der Waals surface area contributed by atoms with Gasteiger partial charge in [0.15, 0.2) is 0 Å². The molecule has 1 N–H and O–H groups in total. The fourth-order valence-corrected chi connectivity index (χ4v) is 3.78. The molecule has 0 amide bonds. The highest BCUT2D eigenvalue weighted by atomic mass is 32.1. The number of rotatable bonds is 3. The molecule has 8 heteroatoms. The molecule has 1 fully saturated rings. The lowest BCUT2D eigenvalue weighted by molar-refractivity contribution is -0.188. The van der Waals surface area contributed by atoms with E-state index in [1.807, 2.05) is 24.3 Å². The second kappa shape index (κ2) is 5.51. The molecule has 1 aliphatic rings. The lowest BCUT2D eigenvalue weighted by atomic mass is 9.96. The third-order valence-electron chi connectivity index (χ3n) is 3.83. The molecular weight excluding hydrogens is 317 g/mol. The first-order valence-electron chi connectivity index (χ1n) is 6.71. The maximum atomic E-state index is 12.9. The molecule has 1 aliphatic heterocycles. The monoisotopic (exact) mass is 330 g/mol. The number of carboxylic acid groups (broad SMARTS) is 1. The number of para-hydroxylation sites is 1. The van der Waals surface area contributed by atoms with E-state index < -0.39 is 24.0 Å². The number of hydrogen-bond acceptors (Lipinski definition) is 4. The van der Waals surface area contributed by atoms with E-state index in [9.17, 15) is 18.0 Å². The van der Waals surface area contributed by atoms with Crippen molar-refractivity contribution >= 4 is 27.5 Å². The van der Waals surface area contributed by atoms with Gasteiger partial charge in [-0.2, -0.15) is 13.2 Å². The number of halogens is 3. The van der Waals surface area contributed by atoms with E-state index in [4.69, 9.17) is 5.11 Å². The molecule has 0 saturated carbocycles. The number of nitrogens with zero attached hydrogens (tertiary/aromatic N) is 2. The van der Waals surface area contributed by atoms with Crippen LogP contribution in [0.3, 0.4) is 0 Å². The fourth-order valence-electron chi connectivity index (χ4n) is 2.78. The summed E-state index contributed by atoms with van der Waals surface area (Å²) >= 11 is 1.42. The number of hydrogen-bond donors (Lipinski definition) is 1. The van der Waals surface area contributed by atoms with Gasteiger partial charge in [-0.3, -0.25) is 9.69 Å². The van der Waals surface area contributed by atoms with Gasteiger partial charge >= 0.3 is 12.1 Å². The summed E-state index contributed by atoms with van der Waals surface area (Å²) in [5.41, 5.74) is 0.809. The molecule has 2 aromatic rings. The number of carbonyl (C=O) groups is 1. The van der Waals surface area contributed by atoms with Crippen LogP contribution in [0.25, 0.3) is 10.2 Å². The van der Waals surface area contributed by atoms with Crippen molar-refractivity contribution in [3.05, 3.63) is 29.3 Å². The number of fused-ring (bicyclic) bond motifs is 1. The van der Waals surface area contributed by atoms with Gasteiger partial charge in [-0.25, -0.2) is 4.98 Å². The molecule has 118 valence electrons. The van der Waals surface area contributed by atoms with Gasteiger partial charge in [-0.1, -0.05) is 12.1 Å². The largest absolute Gasteiger partial charge is 0.481 e. The van der Waals surface area contributed by atoms with Crippen LogP contribution >= 0.6 is 11.3 Å². The van der Waals surface area contributed by atoms with Crippen molar-refractivity contribution in [3.63, 3.8) is 0 Å². The summed E-state index contributed by atoms with van der Waals surface area (Å²) in [6.07, 6.45) is -4.49. The Balaban J connectivity index is 1.77. The van der Waals surface area contributed by atoms with E-state index >= 15 is 0 Å². The van der Waals surface area contributed by atoms with Gasteiger partial charge in [0.2, 0.25) is 0 Å². The summed E-state index contributed by atoms with van der Waals surface area (Å²) in [5, 5.41) is 9.71. The van der Waals surface area contributed by atoms with Crippen LogP contribution < -0.4 is 0 Å². The molecule has 0 radical (unpaired) electrons. The fraction of sp³-hybridized carbons (Fsp3) is 0.429. The van der Waals surface area contributed by atoms with Crippen LogP contribution in [-0.2, 0) is 11.3 Å². The molecule has 22 heavy (non-hydrogen) atoms. The van der Waals surface area contributed by atoms with Crippen LogP contribution in [0, 0.1) is 11.8 Å². The number of thiazole rings is 1. The molecule has 1 aromatic heterocycles. The smallest absolute Gasteiger partial charge is 0.393 e. The Morgan fingerprint density at radius 3 is 2.68 bits per heavy atom. The van der Waals surface area contributed by atoms with E-state index in [1.54, 1.807) is 0 Å². The summed E-state index contributed by atoms with van der Waals surface area (Å²) in [5.74, 6) is -4.62. The van der Waals surface area contributed by atoms with Crippen molar-refractivity contribution < 1.29 is 23.1 Å². The molecule has 0 unspecified atom stereocenters. The summed E-state index contributed by atoms with van der Waals surface area (Å²) < 4.78 is 39.8. The SMILES string of the molecule is O=C(O)[C@@H]1CN(Cc2nc3ccccc3s2)C[C@H]1C(F)(F)F. The molecule has 0 bridgehead atoms. The van der Waals surface area contributed by atoms with Gasteiger partial charge in [0.05, 0.1) is 28.6 Å². The van der Waals surface area contributed by atoms with Crippen molar-refractivity contribution in [3.8, 4) is 0 Å². The van der Waals surface area contributed by atoms with Gasteiger partial charge < -0.3 is 5.11 Å². The zero-order chi connectivity index (χ0) is 15.9. The van der Waals surface area contributed by atoms with E-state index in [2.05, 4.69) is 4.98 Å². The van der Waals surface area contributed by atoms with Crippen LogP contribution in [0.1, 0.15) is 5.01 Å². The predicted molar refractivity (Wildman–Crippen MR) is 75.6 cm³/mol. The van der Waals surface area contributed by atoms with Crippen molar-refractivity contribution in [2.45, 2.75) is 12.7 Å². The Hall–Kier alpha value is -1.67. The van der Waals surface area contributed by atoms with Crippen LogP contribution in [0.5, 0.6) is 0 Å². The second-order valence-electron chi connectivity index (χ2n) is 5.36. The van der Waals surface area contributed by atoms with Gasteiger partial charge in [-0.05, 0) is 12.1 Å². The number of carboxylic acids is 1. The Morgan fingerprint density at radius 1 is 1.36 bits per heavy atom. The highest BCUT2D eigenvalue weighted by Gasteiger charge is 2.52. The summed E-state index contributed by atoms with van der Waals surface area (Å²) in [6, 6.07) is 7.47. The number of likely N-dealkylation sites (tertiary alicyclic amines) is 1. The molecule has 0 spiro atoms. The van der Waals surface area contributed by atoms with Crippen LogP contribution in [0.15, 0.2) is 24.3 Å². The van der Waals surface area contributed by atoms with Gasteiger partial charge in [-0.15, -0.1) is 11.3 Å². The van der Waals surface area contributed by atoms with Gasteiger partial charge in [0, 0.05) is 13.1 Å². The number of alkyl halides is 3. The first-order chi connectivity index (χ1) is 10.3. The highest BCUT2D eigenvalue weighted by Crippen LogP contribution is 2.38. The maximum Gasteiger partial charge on any atom is 0.393 e. The molecule has 0 aliphatic carbocycles. The zero-order valence-corrected chi connectivity index (χ0v) is 12.2. The minimum absolute atomic E-state index is 0.102. The minimum atomic E-state index is -4.49. The molecule has 1 aromatic carbocycles.